The van der Waals surface area contributed by atoms with Gasteiger partial charge in [0.15, 0.2) is 0 Å². The number of halogens is 1. The fraction of sp³-hybridized carbons (Fsp3) is 0.250. The van der Waals surface area contributed by atoms with Crippen molar-refractivity contribution >= 4 is 38.4 Å². The van der Waals surface area contributed by atoms with Crippen molar-refractivity contribution in [2.75, 3.05) is 26.2 Å². The number of hydrogen-bond donors (Lipinski definition) is 0. The van der Waals surface area contributed by atoms with Crippen molar-refractivity contribution in [3.8, 4) is 0 Å². The minimum atomic E-state index is -3.59. The molecular formula is C20H20ClN3O3S. The van der Waals surface area contributed by atoms with Gasteiger partial charge in [-0.3, -0.25) is 4.79 Å². The summed E-state index contributed by atoms with van der Waals surface area (Å²) in [5.74, 6) is -0.0813. The van der Waals surface area contributed by atoms with Gasteiger partial charge in [0, 0.05) is 49.2 Å². The molecule has 8 heteroatoms. The molecule has 1 aliphatic heterocycles. The molecule has 0 radical (unpaired) electrons. The second-order valence-electron chi connectivity index (χ2n) is 6.80. The summed E-state index contributed by atoms with van der Waals surface area (Å²) in [6.45, 7) is 1.24. The molecular weight excluding hydrogens is 398 g/mol. The SMILES string of the molecule is Cn1c(C(=O)N2CCN(S(=O)(=O)c3ccc(Cl)cc3)CC2)cc2ccccc21. The Balaban J connectivity index is 1.49. The van der Waals surface area contributed by atoms with Crippen LogP contribution in [0.4, 0.5) is 0 Å². The maximum Gasteiger partial charge on any atom is 0.270 e. The number of nitrogens with zero attached hydrogens (tertiary/aromatic N) is 3. The Hall–Kier alpha value is -2.35. The van der Waals surface area contributed by atoms with Gasteiger partial charge in [-0.05, 0) is 36.4 Å². The number of piperazine rings is 1. The van der Waals surface area contributed by atoms with E-state index in [0.717, 1.165) is 10.9 Å². The van der Waals surface area contributed by atoms with E-state index in [1.54, 1.807) is 17.0 Å². The molecule has 3 aromatic rings. The first-order valence-corrected chi connectivity index (χ1v) is 10.8. The van der Waals surface area contributed by atoms with Crippen LogP contribution in [0.15, 0.2) is 59.5 Å². The van der Waals surface area contributed by atoms with Crippen LogP contribution < -0.4 is 0 Å². The number of fused-ring (bicyclic) bond motifs is 1. The standard InChI is InChI=1S/C20H20ClN3O3S/c1-22-18-5-3-2-4-15(18)14-19(22)20(25)23-10-12-24(13-11-23)28(26,27)17-8-6-16(21)7-9-17/h2-9,14H,10-13H2,1H3. The van der Waals surface area contributed by atoms with Crippen LogP contribution in [0.25, 0.3) is 10.9 Å². The van der Waals surface area contributed by atoms with Gasteiger partial charge >= 0.3 is 0 Å². The highest BCUT2D eigenvalue weighted by Gasteiger charge is 2.31. The molecule has 0 aliphatic carbocycles. The van der Waals surface area contributed by atoms with Crippen LogP contribution in [0.1, 0.15) is 10.5 Å². The lowest BCUT2D eigenvalue weighted by atomic mass is 10.2. The molecule has 1 fully saturated rings. The summed E-state index contributed by atoms with van der Waals surface area (Å²) in [6.07, 6.45) is 0. The topological polar surface area (TPSA) is 62.6 Å². The van der Waals surface area contributed by atoms with Gasteiger partial charge in [0.2, 0.25) is 10.0 Å². The van der Waals surface area contributed by atoms with Crippen LogP contribution in [0.2, 0.25) is 5.02 Å². The quantitative estimate of drug-likeness (QED) is 0.658. The third-order valence-corrected chi connectivity index (χ3v) is 7.31. The van der Waals surface area contributed by atoms with Gasteiger partial charge < -0.3 is 9.47 Å². The molecule has 0 unspecified atom stereocenters. The zero-order chi connectivity index (χ0) is 19.9. The number of hydrogen-bond acceptors (Lipinski definition) is 3. The molecule has 1 aliphatic rings. The molecule has 1 saturated heterocycles. The monoisotopic (exact) mass is 417 g/mol. The number of sulfonamides is 1. The summed E-state index contributed by atoms with van der Waals surface area (Å²) in [7, 11) is -1.72. The number of benzene rings is 2. The first kappa shape index (κ1) is 19.0. The Bertz CT molecular complexity index is 1130. The molecule has 6 nitrogen and oxygen atoms in total. The van der Waals surface area contributed by atoms with Crippen LogP contribution in [0.3, 0.4) is 0 Å². The molecule has 2 heterocycles. The number of aryl methyl sites for hydroxylation is 1. The number of rotatable bonds is 3. The van der Waals surface area contributed by atoms with Gasteiger partial charge in [-0.1, -0.05) is 29.8 Å². The van der Waals surface area contributed by atoms with E-state index in [1.165, 1.54) is 16.4 Å². The summed E-state index contributed by atoms with van der Waals surface area (Å²) in [5.41, 5.74) is 1.60. The van der Waals surface area contributed by atoms with Gasteiger partial charge in [0.25, 0.3) is 5.91 Å². The zero-order valence-electron chi connectivity index (χ0n) is 15.4. The minimum absolute atomic E-state index is 0.0813. The highest BCUT2D eigenvalue weighted by molar-refractivity contribution is 7.89. The molecule has 4 rings (SSSR count). The molecule has 0 bridgehead atoms. The predicted octanol–water partition coefficient (Wildman–Crippen LogP) is 2.98. The van der Waals surface area contributed by atoms with Crippen LogP contribution in [0.5, 0.6) is 0 Å². The Morgan fingerprint density at radius 3 is 2.25 bits per heavy atom. The lowest BCUT2D eigenvalue weighted by Crippen LogP contribution is -2.50. The van der Waals surface area contributed by atoms with E-state index in [2.05, 4.69) is 0 Å². The van der Waals surface area contributed by atoms with Gasteiger partial charge in [-0.25, -0.2) is 8.42 Å². The first-order chi connectivity index (χ1) is 13.4. The third-order valence-electron chi connectivity index (χ3n) is 5.15. The summed E-state index contributed by atoms with van der Waals surface area (Å²) in [5, 5.41) is 1.50. The van der Waals surface area contributed by atoms with Crippen molar-refractivity contribution in [1.29, 1.82) is 0 Å². The van der Waals surface area contributed by atoms with Crippen LogP contribution in [-0.2, 0) is 17.1 Å². The van der Waals surface area contributed by atoms with Crippen molar-refractivity contribution in [1.82, 2.24) is 13.8 Å². The van der Waals surface area contributed by atoms with Gasteiger partial charge in [-0.15, -0.1) is 0 Å². The lowest BCUT2D eigenvalue weighted by molar-refractivity contribution is 0.0689. The van der Waals surface area contributed by atoms with Crippen molar-refractivity contribution in [2.45, 2.75) is 4.90 Å². The summed E-state index contributed by atoms with van der Waals surface area (Å²) < 4.78 is 28.9. The van der Waals surface area contributed by atoms with Crippen LogP contribution >= 0.6 is 11.6 Å². The molecule has 146 valence electrons. The second-order valence-corrected chi connectivity index (χ2v) is 9.17. The summed E-state index contributed by atoms with van der Waals surface area (Å²) >= 11 is 5.85. The van der Waals surface area contributed by atoms with E-state index in [-0.39, 0.29) is 23.9 Å². The summed E-state index contributed by atoms with van der Waals surface area (Å²) in [6, 6.07) is 15.9. The number of carbonyl (C=O) groups excluding carboxylic acids is 1. The predicted molar refractivity (Wildman–Crippen MR) is 109 cm³/mol. The molecule has 0 N–H and O–H groups in total. The van der Waals surface area contributed by atoms with Gasteiger partial charge in [0.05, 0.1) is 4.90 Å². The lowest BCUT2D eigenvalue weighted by Gasteiger charge is -2.34. The van der Waals surface area contributed by atoms with Crippen molar-refractivity contribution in [3.63, 3.8) is 0 Å². The maximum atomic E-state index is 13.0. The van der Waals surface area contributed by atoms with Gasteiger partial charge in [0.1, 0.15) is 5.69 Å². The van der Waals surface area contributed by atoms with E-state index in [9.17, 15) is 13.2 Å². The number of carbonyl (C=O) groups is 1. The van der Waals surface area contributed by atoms with Crippen molar-refractivity contribution in [2.24, 2.45) is 7.05 Å². The smallest absolute Gasteiger partial charge is 0.270 e. The molecule has 1 aromatic heterocycles. The third kappa shape index (κ3) is 3.30. The average Bonchev–Trinajstić information content (AvgIpc) is 3.05. The first-order valence-electron chi connectivity index (χ1n) is 8.97. The van der Waals surface area contributed by atoms with E-state index < -0.39 is 10.0 Å². The molecule has 0 saturated carbocycles. The molecule has 2 aromatic carbocycles. The largest absolute Gasteiger partial charge is 0.340 e. The van der Waals surface area contributed by atoms with E-state index in [4.69, 9.17) is 11.6 Å². The van der Waals surface area contributed by atoms with Gasteiger partial charge in [-0.2, -0.15) is 4.31 Å². The highest BCUT2D eigenvalue weighted by Crippen LogP contribution is 2.22. The molecule has 1 amide bonds. The fourth-order valence-corrected chi connectivity index (χ4v) is 5.09. The average molecular weight is 418 g/mol. The normalized spacial score (nSPS) is 15.9. The van der Waals surface area contributed by atoms with Crippen molar-refractivity contribution < 1.29 is 13.2 Å². The minimum Gasteiger partial charge on any atom is -0.340 e. The molecule has 0 spiro atoms. The maximum absolute atomic E-state index is 13.0. The van der Waals surface area contributed by atoms with E-state index in [0.29, 0.717) is 23.8 Å². The number of para-hydroxylation sites is 1. The molecule has 0 atom stereocenters. The summed E-state index contributed by atoms with van der Waals surface area (Å²) in [4.78, 5) is 14.9. The van der Waals surface area contributed by atoms with Crippen LogP contribution in [-0.4, -0.2) is 54.3 Å². The second kappa shape index (κ2) is 7.24. The Morgan fingerprint density at radius 2 is 1.61 bits per heavy atom. The highest BCUT2D eigenvalue weighted by atomic mass is 35.5. The number of aromatic nitrogens is 1. The van der Waals surface area contributed by atoms with Crippen LogP contribution in [0, 0.1) is 0 Å². The Morgan fingerprint density at radius 1 is 0.964 bits per heavy atom. The van der Waals surface area contributed by atoms with E-state index >= 15 is 0 Å². The zero-order valence-corrected chi connectivity index (χ0v) is 16.9. The molecule has 28 heavy (non-hydrogen) atoms. The number of amides is 1. The Kier molecular flexibility index (Phi) is 4.91. The van der Waals surface area contributed by atoms with Crippen molar-refractivity contribution in [3.05, 3.63) is 65.3 Å². The van der Waals surface area contributed by atoms with E-state index in [1.807, 2.05) is 41.9 Å². The fourth-order valence-electron chi connectivity index (χ4n) is 3.54. The Labute approximate surface area is 169 Å².